The van der Waals surface area contributed by atoms with Gasteiger partial charge in [0.2, 0.25) is 0 Å². The average molecular weight is 507 g/mol. The van der Waals surface area contributed by atoms with Crippen LogP contribution in [0, 0.1) is 0 Å². The molecule has 0 aliphatic carbocycles. The first-order valence-corrected chi connectivity index (χ1v) is 12.9. The van der Waals surface area contributed by atoms with Crippen LogP contribution in [0.25, 0.3) is 0 Å². The molecule has 22 heavy (non-hydrogen) atoms. The van der Waals surface area contributed by atoms with Gasteiger partial charge in [-0.2, -0.15) is 0 Å². The molecule has 8 heteroatoms. The van der Waals surface area contributed by atoms with Gasteiger partial charge in [-0.25, -0.2) is 0 Å². The summed E-state index contributed by atoms with van der Waals surface area (Å²) < 4.78 is 41.0. The van der Waals surface area contributed by atoms with Gasteiger partial charge in [0.15, 0.2) is 0 Å². The molecule has 1 atom stereocenters. The standard InChI is InChI=1S/C12H17O2.C2HF3O2.Hg/c1-10(13-14-12(2,3)4)11-8-6-5-7-9-11;3-2(4,5)1(6)7;/h5-10H,1H2,2-4H3;(H,6,7);/q;;+1/p-1. The molecule has 0 saturated carbocycles. The van der Waals surface area contributed by atoms with Gasteiger partial charge in [0.1, 0.15) is 0 Å². The van der Waals surface area contributed by atoms with E-state index in [4.69, 9.17) is 9.78 Å². The van der Waals surface area contributed by atoms with Gasteiger partial charge in [-0.3, -0.25) is 0 Å². The third-order valence-electron chi connectivity index (χ3n) is 2.43. The van der Waals surface area contributed by atoms with Crippen LogP contribution in [0.4, 0.5) is 13.2 Å². The number of rotatable bonds is 6. The van der Waals surface area contributed by atoms with Gasteiger partial charge in [-0.05, 0) is 0 Å². The van der Waals surface area contributed by atoms with E-state index in [0.29, 0.717) is 0 Å². The summed E-state index contributed by atoms with van der Waals surface area (Å²) in [5, 5.41) is 0. The summed E-state index contributed by atoms with van der Waals surface area (Å²) in [6.07, 6.45) is -5.48. The average Bonchev–Trinajstić information content (AvgIpc) is 2.41. The van der Waals surface area contributed by atoms with E-state index in [-0.39, 0.29) is 3.93 Å². The molecule has 1 aromatic carbocycles. The van der Waals surface area contributed by atoms with Crippen LogP contribution in [0.1, 0.15) is 32.4 Å². The van der Waals surface area contributed by atoms with E-state index in [1.165, 1.54) is 0 Å². The minimum absolute atomic E-state index is 0.266. The number of alkyl halides is 3. The zero-order valence-corrected chi connectivity index (χ0v) is 18.1. The van der Waals surface area contributed by atoms with E-state index in [9.17, 15) is 18.0 Å². The number of hydrogen-bond acceptors (Lipinski definition) is 4. The molecule has 4 nitrogen and oxygen atoms in total. The van der Waals surface area contributed by atoms with Crippen molar-refractivity contribution in [3.8, 4) is 0 Å². The van der Waals surface area contributed by atoms with E-state index in [1.54, 1.807) is 45.0 Å². The van der Waals surface area contributed by atoms with Gasteiger partial charge in [-0.15, -0.1) is 0 Å². The molecule has 120 valence electrons. The maximum atomic E-state index is 12.1. The van der Waals surface area contributed by atoms with Crippen molar-refractivity contribution in [2.24, 2.45) is 0 Å². The third-order valence-corrected chi connectivity index (χ3v) is 7.20. The molecule has 0 aromatic heterocycles. The molecule has 0 aliphatic rings. The number of halogens is 3. The minimum atomic E-state index is -4.94. The van der Waals surface area contributed by atoms with Crippen molar-refractivity contribution in [3.63, 3.8) is 0 Å². The van der Waals surface area contributed by atoms with Crippen LogP contribution in [0.2, 0.25) is 3.93 Å². The van der Waals surface area contributed by atoms with Crippen molar-refractivity contribution >= 4 is 5.97 Å². The molecule has 1 aromatic rings. The van der Waals surface area contributed by atoms with Gasteiger partial charge < -0.3 is 0 Å². The molecule has 1 rings (SSSR count). The second-order valence-corrected chi connectivity index (χ2v) is 10.6. The Morgan fingerprint density at radius 2 is 1.77 bits per heavy atom. The molecule has 0 aliphatic heterocycles. The Bertz CT molecular complexity index is 471. The fraction of sp³-hybridized carbons (Fsp3) is 0.500. The predicted octanol–water partition coefficient (Wildman–Crippen LogP) is 4.00. The van der Waals surface area contributed by atoms with Gasteiger partial charge in [-0.1, -0.05) is 0 Å². The van der Waals surface area contributed by atoms with Crippen molar-refractivity contribution in [1.82, 2.24) is 0 Å². The number of carbonyl (C=O) groups excluding carboxylic acids is 1. The number of carbonyl (C=O) groups is 1. The number of benzene rings is 1. The van der Waals surface area contributed by atoms with Crippen LogP contribution in [0.5, 0.6) is 0 Å². The van der Waals surface area contributed by atoms with E-state index in [2.05, 4.69) is 2.64 Å². The Balaban J connectivity index is 2.61. The topological polar surface area (TPSA) is 44.8 Å². The predicted molar refractivity (Wildman–Crippen MR) is 68.1 cm³/mol. The fourth-order valence-electron chi connectivity index (χ4n) is 1.48. The number of hydrogen-bond donors (Lipinski definition) is 0. The third kappa shape index (κ3) is 7.55. The van der Waals surface area contributed by atoms with Crippen molar-refractivity contribution in [2.45, 2.75) is 42.6 Å². The summed E-state index contributed by atoms with van der Waals surface area (Å²) in [6, 6.07) is 8.98. The molecule has 0 N–H and O–H groups in total. The molecular formula is C14H17F3HgO4. The monoisotopic (exact) mass is 508 g/mol. The molecule has 0 heterocycles. The second-order valence-electron chi connectivity index (χ2n) is 5.61. The van der Waals surface area contributed by atoms with Gasteiger partial charge in [0, 0.05) is 0 Å². The van der Waals surface area contributed by atoms with Crippen LogP contribution < -0.4 is 0 Å². The normalized spacial score (nSPS) is 13.4. The molecular weight excluding hydrogens is 490 g/mol. The second kappa shape index (κ2) is 8.26. The molecule has 0 amide bonds. The Morgan fingerprint density at radius 3 is 2.27 bits per heavy atom. The molecule has 0 radical (unpaired) electrons. The summed E-state index contributed by atoms with van der Waals surface area (Å²) in [4.78, 5) is 21.3. The van der Waals surface area contributed by atoms with Crippen LogP contribution >= 0.6 is 0 Å². The van der Waals surface area contributed by atoms with Gasteiger partial charge in [0.25, 0.3) is 0 Å². The Morgan fingerprint density at radius 1 is 1.18 bits per heavy atom. The molecule has 0 fully saturated rings. The van der Waals surface area contributed by atoms with Crippen molar-refractivity contribution < 1.29 is 55.4 Å². The summed E-state index contributed by atoms with van der Waals surface area (Å²) >= 11 is -2.54. The van der Waals surface area contributed by atoms with Crippen LogP contribution in [-0.2, 0) is 42.2 Å². The summed E-state index contributed by atoms with van der Waals surface area (Å²) in [6.45, 7) is 5.38. The SMILES string of the molecule is CC(C)(C)OOC([CH2][Hg][O]C(=O)C(F)(F)F)c1ccccc1. The zero-order chi connectivity index (χ0) is 16.8. The van der Waals surface area contributed by atoms with Crippen molar-refractivity contribution in [2.75, 3.05) is 0 Å². The van der Waals surface area contributed by atoms with E-state index in [1.807, 2.05) is 6.07 Å². The first kappa shape index (κ1) is 19.4. The summed E-state index contributed by atoms with van der Waals surface area (Å²) in [5.41, 5.74) is 0.224. The summed E-state index contributed by atoms with van der Waals surface area (Å²) in [5.74, 6) is -2.11. The Labute approximate surface area is 140 Å². The van der Waals surface area contributed by atoms with Gasteiger partial charge >= 0.3 is 140 Å². The van der Waals surface area contributed by atoms with Crippen molar-refractivity contribution in [3.05, 3.63) is 35.9 Å². The zero-order valence-electron chi connectivity index (χ0n) is 12.6. The van der Waals surface area contributed by atoms with Gasteiger partial charge in [0.05, 0.1) is 0 Å². The first-order chi connectivity index (χ1) is 10.1. The molecule has 0 saturated heterocycles. The van der Waals surface area contributed by atoms with Crippen LogP contribution in [0.3, 0.4) is 0 Å². The Hall–Kier alpha value is -0.665. The van der Waals surface area contributed by atoms with E-state index >= 15 is 0 Å². The fourth-order valence-corrected chi connectivity index (χ4v) is 5.80. The van der Waals surface area contributed by atoms with E-state index in [0.717, 1.165) is 5.56 Å². The molecule has 1 unspecified atom stereocenters. The first-order valence-electron chi connectivity index (χ1n) is 6.73. The van der Waals surface area contributed by atoms with Crippen molar-refractivity contribution in [1.29, 1.82) is 0 Å². The van der Waals surface area contributed by atoms with Crippen LogP contribution in [0.15, 0.2) is 30.3 Å². The van der Waals surface area contributed by atoms with Crippen LogP contribution in [-0.4, -0.2) is 17.7 Å². The summed E-state index contributed by atoms with van der Waals surface area (Å²) in [7, 11) is 0. The maximum absolute atomic E-state index is 12.1. The Kier molecular flexibility index (Phi) is 7.28. The quantitative estimate of drug-likeness (QED) is 0.332. The molecule has 0 bridgehead atoms. The molecule has 0 spiro atoms. The van der Waals surface area contributed by atoms with E-state index < -0.39 is 48.9 Å².